The first-order valence-corrected chi connectivity index (χ1v) is 7.55. The average Bonchev–Trinajstić information content (AvgIpc) is 2.50. The largest absolute Gasteiger partial charge is 0.487 e. The third kappa shape index (κ3) is 3.20. The summed E-state index contributed by atoms with van der Waals surface area (Å²) in [6, 6.07) is 9.45. The molecule has 1 N–H and O–H groups in total. The van der Waals surface area contributed by atoms with Gasteiger partial charge in [0.15, 0.2) is 5.78 Å². The number of ketones is 1. The van der Waals surface area contributed by atoms with E-state index in [-0.39, 0.29) is 39.3 Å². The van der Waals surface area contributed by atoms with E-state index in [1.54, 1.807) is 0 Å². The topological polar surface area (TPSA) is 46.5 Å². The molecule has 0 bridgehead atoms. The second-order valence-corrected chi connectivity index (χ2v) is 5.72. The molecule has 0 aliphatic carbocycles. The molecule has 0 aliphatic rings. The average molecular weight is 367 g/mol. The molecule has 0 amide bonds. The molecular formula is C17H16BrFO3. The zero-order valence-corrected chi connectivity index (χ0v) is 13.9. The molecule has 2 rings (SSSR count). The number of benzene rings is 2. The molecule has 0 aromatic heterocycles. The van der Waals surface area contributed by atoms with Crippen LogP contribution >= 0.6 is 15.9 Å². The molecule has 0 saturated heterocycles. The van der Waals surface area contributed by atoms with Crippen molar-refractivity contribution in [2.75, 3.05) is 0 Å². The standard InChI is InChI=1S/C17H16BrFO3/c1-10-14(11(2)21)17(15(18)13(8-20)16(10)19)22-9-12-6-4-3-5-7-12/h3-7,20H,8-9H2,1-2H3. The summed E-state index contributed by atoms with van der Waals surface area (Å²) in [5, 5.41) is 9.35. The summed E-state index contributed by atoms with van der Waals surface area (Å²) in [4.78, 5) is 11.9. The van der Waals surface area contributed by atoms with Gasteiger partial charge in [0, 0.05) is 5.56 Å². The Hall–Kier alpha value is -1.72. The lowest BCUT2D eigenvalue weighted by Crippen LogP contribution is -2.09. The maximum absolute atomic E-state index is 14.2. The van der Waals surface area contributed by atoms with Crippen LogP contribution in [0.5, 0.6) is 5.75 Å². The second kappa shape index (κ2) is 7.03. The molecule has 3 nitrogen and oxygen atoms in total. The quantitative estimate of drug-likeness (QED) is 0.807. The maximum Gasteiger partial charge on any atom is 0.163 e. The van der Waals surface area contributed by atoms with Gasteiger partial charge in [0.25, 0.3) is 0 Å². The zero-order chi connectivity index (χ0) is 16.3. The highest BCUT2D eigenvalue weighted by molar-refractivity contribution is 9.10. The molecular weight excluding hydrogens is 351 g/mol. The van der Waals surface area contributed by atoms with Crippen LogP contribution in [0.2, 0.25) is 0 Å². The molecule has 0 heterocycles. The molecule has 0 saturated carbocycles. The molecule has 5 heteroatoms. The van der Waals surface area contributed by atoms with Crippen LogP contribution in [-0.4, -0.2) is 10.9 Å². The van der Waals surface area contributed by atoms with E-state index in [1.165, 1.54) is 13.8 Å². The Labute approximate surface area is 136 Å². The van der Waals surface area contributed by atoms with Gasteiger partial charge in [-0.2, -0.15) is 0 Å². The first-order chi connectivity index (χ1) is 10.5. The smallest absolute Gasteiger partial charge is 0.163 e. The minimum Gasteiger partial charge on any atom is -0.487 e. The Kier molecular flexibility index (Phi) is 5.32. The third-order valence-electron chi connectivity index (χ3n) is 3.40. The lowest BCUT2D eigenvalue weighted by Gasteiger charge is -2.18. The van der Waals surface area contributed by atoms with Gasteiger partial charge in [-0.05, 0) is 40.9 Å². The highest BCUT2D eigenvalue weighted by atomic mass is 79.9. The van der Waals surface area contributed by atoms with Crippen LogP contribution in [0.1, 0.15) is 34.0 Å². The van der Waals surface area contributed by atoms with Crippen LogP contribution in [-0.2, 0) is 13.2 Å². The molecule has 0 radical (unpaired) electrons. The van der Waals surface area contributed by atoms with Crippen LogP contribution in [0.4, 0.5) is 4.39 Å². The number of Topliss-reactive ketones (excluding diaryl/α,β-unsaturated/α-hetero) is 1. The first kappa shape index (κ1) is 16.6. The van der Waals surface area contributed by atoms with E-state index >= 15 is 0 Å². The summed E-state index contributed by atoms with van der Waals surface area (Å²) in [5.41, 5.74) is 1.39. The number of hydrogen-bond donors (Lipinski definition) is 1. The third-order valence-corrected chi connectivity index (χ3v) is 4.24. The minimum absolute atomic E-state index is 0.0885. The number of rotatable bonds is 5. The van der Waals surface area contributed by atoms with E-state index in [4.69, 9.17) is 4.74 Å². The van der Waals surface area contributed by atoms with Crippen molar-refractivity contribution in [2.45, 2.75) is 27.1 Å². The van der Waals surface area contributed by atoms with Gasteiger partial charge in [-0.15, -0.1) is 0 Å². The summed E-state index contributed by atoms with van der Waals surface area (Å²) in [5.74, 6) is -0.615. The summed E-state index contributed by atoms with van der Waals surface area (Å²) in [7, 11) is 0. The molecule has 2 aromatic carbocycles. The van der Waals surface area contributed by atoms with Crippen LogP contribution in [0, 0.1) is 12.7 Å². The summed E-state index contributed by atoms with van der Waals surface area (Å²) in [6.45, 7) is 2.64. The fourth-order valence-corrected chi connectivity index (χ4v) is 2.89. The van der Waals surface area contributed by atoms with Gasteiger partial charge in [-0.1, -0.05) is 30.3 Å². The number of halogens is 2. The Bertz CT molecular complexity index is 699. The van der Waals surface area contributed by atoms with Gasteiger partial charge in [0.1, 0.15) is 18.2 Å². The fraction of sp³-hybridized carbons (Fsp3) is 0.235. The number of ether oxygens (including phenoxy) is 1. The zero-order valence-electron chi connectivity index (χ0n) is 12.3. The van der Waals surface area contributed by atoms with Crippen molar-refractivity contribution >= 4 is 21.7 Å². The molecule has 0 unspecified atom stereocenters. The molecule has 0 atom stereocenters. The molecule has 116 valence electrons. The van der Waals surface area contributed by atoms with E-state index in [2.05, 4.69) is 15.9 Å². The fourth-order valence-electron chi connectivity index (χ4n) is 2.28. The summed E-state index contributed by atoms with van der Waals surface area (Å²) >= 11 is 3.24. The van der Waals surface area contributed by atoms with Crippen LogP contribution in [0.15, 0.2) is 34.8 Å². The Morgan fingerprint density at radius 3 is 2.50 bits per heavy atom. The van der Waals surface area contributed by atoms with Crippen molar-refractivity contribution in [3.8, 4) is 5.75 Å². The van der Waals surface area contributed by atoms with E-state index < -0.39 is 12.4 Å². The van der Waals surface area contributed by atoms with E-state index in [0.29, 0.717) is 0 Å². The van der Waals surface area contributed by atoms with Gasteiger partial charge in [-0.25, -0.2) is 4.39 Å². The lowest BCUT2D eigenvalue weighted by atomic mass is 10.00. The van der Waals surface area contributed by atoms with Gasteiger partial charge >= 0.3 is 0 Å². The van der Waals surface area contributed by atoms with Gasteiger partial charge < -0.3 is 9.84 Å². The van der Waals surface area contributed by atoms with Crippen molar-refractivity contribution in [3.63, 3.8) is 0 Å². The van der Waals surface area contributed by atoms with Gasteiger partial charge in [0.05, 0.1) is 16.6 Å². The lowest BCUT2D eigenvalue weighted by molar-refractivity contribution is 0.101. The van der Waals surface area contributed by atoms with Gasteiger partial charge in [0.2, 0.25) is 0 Å². The monoisotopic (exact) mass is 366 g/mol. The van der Waals surface area contributed by atoms with Crippen molar-refractivity contribution in [1.82, 2.24) is 0 Å². The number of carbonyl (C=O) groups is 1. The van der Waals surface area contributed by atoms with E-state index in [1.807, 2.05) is 30.3 Å². The van der Waals surface area contributed by atoms with Crippen molar-refractivity contribution in [2.24, 2.45) is 0 Å². The highest BCUT2D eigenvalue weighted by Crippen LogP contribution is 2.38. The molecule has 22 heavy (non-hydrogen) atoms. The second-order valence-electron chi connectivity index (χ2n) is 4.92. The first-order valence-electron chi connectivity index (χ1n) is 6.76. The molecule has 0 spiro atoms. The predicted molar refractivity (Wildman–Crippen MR) is 85.5 cm³/mol. The Morgan fingerprint density at radius 1 is 1.32 bits per heavy atom. The minimum atomic E-state index is -0.591. The maximum atomic E-state index is 14.2. The summed E-state index contributed by atoms with van der Waals surface area (Å²) < 4.78 is 20.3. The molecule has 0 fully saturated rings. The predicted octanol–water partition coefficient (Wildman–Crippen LogP) is 4.17. The molecule has 0 aliphatic heterocycles. The molecule has 2 aromatic rings. The van der Waals surface area contributed by atoms with Crippen molar-refractivity contribution < 1.29 is 19.0 Å². The summed E-state index contributed by atoms with van der Waals surface area (Å²) in [6.07, 6.45) is 0. The number of aliphatic hydroxyl groups excluding tert-OH is 1. The number of aliphatic hydroxyl groups is 1. The normalized spacial score (nSPS) is 10.6. The van der Waals surface area contributed by atoms with Crippen molar-refractivity contribution in [3.05, 3.63) is 62.9 Å². The number of hydrogen-bond acceptors (Lipinski definition) is 3. The van der Waals surface area contributed by atoms with Crippen LogP contribution < -0.4 is 4.74 Å². The number of carbonyl (C=O) groups excluding carboxylic acids is 1. The van der Waals surface area contributed by atoms with Crippen molar-refractivity contribution in [1.29, 1.82) is 0 Å². The van der Waals surface area contributed by atoms with E-state index in [9.17, 15) is 14.3 Å². The van der Waals surface area contributed by atoms with E-state index in [0.717, 1.165) is 5.56 Å². The van der Waals surface area contributed by atoms with Crippen LogP contribution in [0.3, 0.4) is 0 Å². The Morgan fingerprint density at radius 2 is 1.95 bits per heavy atom. The van der Waals surface area contributed by atoms with Gasteiger partial charge in [-0.3, -0.25) is 4.79 Å². The Balaban J connectivity index is 2.48. The highest BCUT2D eigenvalue weighted by Gasteiger charge is 2.24. The van der Waals surface area contributed by atoms with Crippen LogP contribution in [0.25, 0.3) is 0 Å². The SMILES string of the molecule is CC(=O)c1c(C)c(F)c(CO)c(Br)c1OCc1ccccc1.